The van der Waals surface area contributed by atoms with Crippen LogP contribution < -0.4 is 9.47 Å². The monoisotopic (exact) mass is 323 g/mol. The number of rotatable bonds is 4. The highest BCUT2D eigenvalue weighted by Crippen LogP contribution is 2.29. The Morgan fingerprint density at radius 1 is 1.04 bits per heavy atom. The Morgan fingerprint density at radius 3 is 2.71 bits per heavy atom. The number of nitrogens with zero attached hydrogens (tertiary/aromatic N) is 7. The molecule has 0 radical (unpaired) electrons. The minimum atomic E-state index is 0.228. The fourth-order valence-corrected chi connectivity index (χ4v) is 2.39. The van der Waals surface area contributed by atoms with Gasteiger partial charge in [0.25, 0.3) is 0 Å². The molecule has 0 atom stereocenters. The number of aromatic nitrogens is 7. The molecule has 24 heavy (non-hydrogen) atoms. The first-order valence-electron chi connectivity index (χ1n) is 7.10. The van der Waals surface area contributed by atoms with Crippen LogP contribution in [0.2, 0.25) is 0 Å². The Balaban J connectivity index is 1.95. The quantitative estimate of drug-likeness (QED) is 0.560. The average Bonchev–Trinajstić information content (AvgIpc) is 3.31. The first-order chi connectivity index (χ1) is 11.8. The van der Waals surface area contributed by atoms with Gasteiger partial charge in [0.15, 0.2) is 5.65 Å². The lowest BCUT2D eigenvalue weighted by Gasteiger charge is -2.10. The topological polar surface area (TPSA) is 92.2 Å². The highest BCUT2D eigenvalue weighted by Gasteiger charge is 2.16. The molecule has 0 unspecified atom stereocenters. The van der Waals surface area contributed by atoms with Crippen molar-refractivity contribution in [3.05, 3.63) is 43.1 Å². The first kappa shape index (κ1) is 14.1. The predicted octanol–water partition coefficient (Wildman–Crippen LogP) is 1.39. The van der Waals surface area contributed by atoms with Gasteiger partial charge < -0.3 is 9.47 Å². The van der Waals surface area contributed by atoms with E-state index in [4.69, 9.17) is 9.47 Å². The molecule has 9 heteroatoms. The van der Waals surface area contributed by atoms with Crippen molar-refractivity contribution in [3.63, 3.8) is 0 Å². The van der Waals surface area contributed by atoms with E-state index in [-0.39, 0.29) is 6.01 Å². The first-order valence-corrected chi connectivity index (χ1v) is 7.10. The summed E-state index contributed by atoms with van der Waals surface area (Å²) >= 11 is 0. The summed E-state index contributed by atoms with van der Waals surface area (Å²) in [6.07, 6.45) is 8.61. The maximum Gasteiger partial charge on any atom is 0.319 e. The molecular formula is C15H13N7O2. The van der Waals surface area contributed by atoms with Crippen molar-refractivity contribution in [2.24, 2.45) is 0 Å². The Hall–Kier alpha value is -3.49. The normalized spacial score (nSPS) is 10.9. The lowest BCUT2D eigenvalue weighted by Crippen LogP contribution is -2.04. The van der Waals surface area contributed by atoms with Gasteiger partial charge in [-0.1, -0.05) is 0 Å². The van der Waals surface area contributed by atoms with E-state index in [1.54, 1.807) is 34.0 Å². The molecule has 0 bridgehead atoms. The molecule has 0 spiro atoms. The van der Waals surface area contributed by atoms with Crippen LogP contribution in [0.15, 0.2) is 43.1 Å². The molecular weight excluding hydrogens is 310 g/mol. The standard InChI is InChI=1S/C15H13N7O2/c1-23-14-10(9-17-15(19-14)24-2)11-8-12(21-6-3-4-18-21)13-16-5-7-22(13)20-11/h3-9H,1-2H3. The third-order valence-corrected chi connectivity index (χ3v) is 3.47. The van der Waals surface area contributed by atoms with Crippen LogP contribution in [0.25, 0.3) is 22.6 Å². The van der Waals surface area contributed by atoms with E-state index in [9.17, 15) is 0 Å². The Labute approximate surface area is 136 Å². The van der Waals surface area contributed by atoms with E-state index in [0.717, 1.165) is 5.69 Å². The minimum Gasteiger partial charge on any atom is -0.480 e. The highest BCUT2D eigenvalue weighted by atomic mass is 16.5. The van der Waals surface area contributed by atoms with E-state index in [2.05, 4.69) is 25.1 Å². The molecule has 0 aliphatic rings. The minimum absolute atomic E-state index is 0.228. The fourth-order valence-electron chi connectivity index (χ4n) is 2.39. The van der Waals surface area contributed by atoms with Crippen molar-refractivity contribution in [3.8, 4) is 28.8 Å². The van der Waals surface area contributed by atoms with Crippen molar-refractivity contribution in [1.82, 2.24) is 34.3 Å². The number of hydrogen-bond acceptors (Lipinski definition) is 7. The van der Waals surface area contributed by atoms with E-state index >= 15 is 0 Å². The Bertz CT molecular complexity index is 994. The molecule has 4 aromatic rings. The zero-order valence-corrected chi connectivity index (χ0v) is 13.0. The third-order valence-electron chi connectivity index (χ3n) is 3.47. The Morgan fingerprint density at radius 2 is 1.96 bits per heavy atom. The summed E-state index contributed by atoms with van der Waals surface area (Å²) in [6, 6.07) is 3.94. The summed E-state index contributed by atoms with van der Waals surface area (Å²) in [5.41, 5.74) is 2.75. The molecule has 0 aromatic carbocycles. The predicted molar refractivity (Wildman–Crippen MR) is 84.2 cm³/mol. The zero-order chi connectivity index (χ0) is 16.5. The summed E-state index contributed by atoms with van der Waals surface area (Å²) in [5, 5.41) is 8.83. The molecule has 0 fully saturated rings. The van der Waals surface area contributed by atoms with E-state index in [1.165, 1.54) is 14.2 Å². The van der Waals surface area contributed by atoms with Crippen LogP contribution in [0.4, 0.5) is 0 Å². The average molecular weight is 323 g/mol. The van der Waals surface area contributed by atoms with Gasteiger partial charge in [-0.3, -0.25) is 0 Å². The second kappa shape index (κ2) is 5.61. The number of methoxy groups -OCH3 is 2. The molecule has 120 valence electrons. The van der Waals surface area contributed by atoms with Crippen LogP contribution in [0, 0.1) is 0 Å². The van der Waals surface area contributed by atoms with Crippen LogP contribution >= 0.6 is 0 Å². The van der Waals surface area contributed by atoms with Gasteiger partial charge >= 0.3 is 6.01 Å². The Kier molecular flexibility index (Phi) is 3.30. The van der Waals surface area contributed by atoms with Gasteiger partial charge in [-0.2, -0.15) is 15.2 Å². The van der Waals surface area contributed by atoms with Gasteiger partial charge in [0.1, 0.15) is 11.4 Å². The van der Waals surface area contributed by atoms with Crippen LogP contribution in [0.1, 0.15) is 0 Å². The molecule has 9 nitrogen and oxygen atoms in total. The molecule has 0 aliphatic heterocycles. The van der Waals surface area contributed by atoms with E-state index < -0.39 is 0 Å². The number of imidazole rings is 1. The number of hydrogen-bond donors (Lipinski definition) is 0. The molecule has 0 aliphatic carbocycles. The molecule has 0 amide bonds. The summed E-state index contributed by atoms with van der Waals surface area (Å²) in [7, 11) is 3.04. The lowest BCUT2D eigenvalue weighted by molar-refractivity contribution is 0.353. The van der Waals surface area contributed by atoms with Crippen LogP contribution in [-0.2, 0) is 0 Å². The maximum atomic E-state index is 5.35. The molecule has 0 saturated carbocycles. The largest absolute Gasteiger partial charge is 0.480 e. The van der Waals surface area contributed by atoms with Gasteiger partial charge in [-0.25, -0.2) is 19.2 Å². The van der Waals surface area contributed by atoms with Crippen molar-refractivity contribution in [2.75, 3.05) is 14.2 Å². The maximum absolute atomic E-state index is 5.35. The van der Waals surface area contributed by atoms with E-state index in [1.807, 2.05) is 18.3 Å². The van der Waals surface area contributed by atoms with Crippen molar-refractivity contribution in [1.29, 1.82) is 0 Å². The fraction of sp³-hybridized carbons (Fsp3) is 0.133. The highest BCUT2D eigenvalue weighted by molar-refractivity contribution is 5.70. The number of ether oxygens (including phenoxy) is 2. The third kappa shape index (κ3) is 2.22. The lowest BCUT2D eigenvalue weighted by atomic mass is 10.2. The molecule has 0 N–H and O–H groups in total. The second-order valence-corrected chi connectivity index (χ2v) is 4.84. The summed E-state index contributed by atoms with van der Waals surface area (Å²) in [5.74, 6) is 0.375. The van der Waals surface area contributed by atoms with Crippen LogP contribution in [0.5, 0.6) is 11.9 Å². The molecule has 4 aromatic heterocycles. The van der Waals surface area contributed by atoms with Gasteiger partial charge in [0.05, 0.1) is 19.8 Å². The van der Waals surface area contributed by atoms with Crippen molar-refractivity contribution in [2.45, 2.75) is 0 Å². The van der Waals surface area contributed by atoms with Crippen molar-refractivity contribution >= 4 is 5.65 Å². The smallest absolute Gasteiger partial charge is 0.319 e. The van der Waals surface area contributed by atoms with Gasteiger partial charge in [0.2, 0.25) is 5.88 Å². The van der Waals surface area contributed by atoms with Crippen molar-refractivity contribution < 1.29 is 9.47 Å². The van der Waals surface area contributed by atoms with Crippen LogP contribution in [-0.4, -0.2) is 48.6 Å². The van der Waals surface area contributed by atoms with Gasteiger partial charge in [0, 0.05) is 31.0 Å². The molecule has 0 saturated heterocycles. The summed E-state index contributed by atoms with van der Waals surface area (Å²) in [4.78, 5) is 12.7. The summed E-state index contributed by atoms with van der Waals surface area (Å²) < 4.78 is 13.8. The SMILES string of the molecule is COc1ncc(-c2cc(-n3cccn3)c3nccn3n2)c(OC)n1. The second-order valence-electron chi connectivity index (χ2n) is 4.84. The summed E-state index contributed by atoms with van der Waals surface area (Å²) in [6.45, 7) is 0. The number of fused-ring (bicyclic) bond motifs is 1. The molecule has 4 heterocycles. The van der Waals surface area contributed by atoms with Gasteiger partial charge in [-0.05, 0) is 12.1 Å². The molecule has 4 rings (SSSR count). The van der Waals surface area contributed by atoms with E-state index in [0.29, 0.717) is 22.8 Å². The van der Waals surface area contributed by atoms with Crippen LogP contribution in [0.3, 0.4) is 0 Å². The van der Waals surface area contributed by atoms with Gasteiger partial charge in [-0.15, -0.1) is 0 Å². The zero-order valence-electron chi connectivity index (χ0n) is 13.0.